The van der Waals surface area contributed by atoms with E-state index >= 15 is 0 Å². The molecule has 0 spiro atoms. The molecule has 0 atom stereocenters. The Morgan fingerprint density at radius 3 is 2.41 bits per heavy atom. The van der Waals surface area contributed by atoms with Crippen molar-refractivity contribution in [1.29, 1.82) is 0 Å². The first kappa shape index (κ1) is 26.7. The van der Waals surface area contributed by atoms with Crippen molar-refractivity contribution in [2.75, 3.05) is 19.5 Å². The summed E-state index contributed by atoms with van der Waals surface area (Å²) in [6.45, 7) is 16.9. The Hall–Kier alpha value is -1.85. The molecule has 2 heterocycles. The number of fused-ring (bicyclic) bond motifs is 1. The fourth-order valence-electron chi connectivity index (χ4n) is 3.60. The molecule has 0 aliphatic rings. The van der Waals surface area contributed by atoms with E-state index in [-0.39, 0.29) is 11.1 Å². The van der Waals surface area contributed by atoms with Gasteiger partial charge >= 0.3 is 0 Å². The Balaban J connectivity index is 1.98. The average Bonchev–Trinajstić information content (AvgIpc) is 3.07. The molecule has 3 rings (SSSR count). The zero-order valence-electron chi connectivity index (χ0n) is 21.7. The van der Waals surface area contributed by atoms with Crippen LogP contribution in [0.2, 0.25) is 18.1 Å². The normalized spacial score (nSPS) is 12.4. The first-order chi connectivity index (χ1) is 15.9. The van der Waals surface area contributed by atoms with Crippen LogP contribution in [0, 0.1) is 3.57 Å². The molecule has 34 heavy (non-hydrogen) atoms. The number of methoxy groups -OCH3 is 2. The average molecular weight is 597 g/mol. The second kappa shape index (κ2) is 10.4. The minimum atomic E-state index is -1.90. The molecule has 9 heteroatoms. The van der Waals surface area contributed by atoms with E-state index in [1.165, 1.54) is 0 Å². The molecule has 0 radical (unpaired) electrons. The highest BCUT2D eigenvalue weighted by Gasteiger charge is 2.37. The maximum absolute atomic E-state index is 6.62. The van der Waals surface area contributed by atoms with Gasteiger partial charge in [-0.3, -0.25) is 0 Å². The van der Waals surface area contributed by atoms with Gasteiger partial charge in [-0.15, -0.1) is 0 Å². The van der Waals surface area contributed by atoms with Gasteiger partial charge in [0, 0.05) is 27.8 Å². The van der Waals surface area contributed by atoms with E-state index in [0.29, 0.717) is 13.2 Å². The first-order valence-electron chi connectivity index (χ1n) is 11.5. The summed E-state index contributed by atoms with van der Waals surface area (Å²) in [6, 6.07) is 6.08. The third-order valence-electron chi connectivity index (χ3n) is 6.65. The monoisotopic (exact) mass is 596 g/mol. The predicted octanol–water partition coefficient (Wildman–Crippen LogP) is 6.77. The summed E-state index contributed by atoms with van der Waals surface area (Å²) in [5.74, 6) is 2.34. The molecule has 0 bridgehead atoms. The van der Waals surface area contributed by atoms with Gasteiger partial charge < -0.3 is 23.8 Å². The fourth-order valence-corrected chi connectivity index (χ4v) is 5.45. The number of rotatable bonds is 9. The van der Waals surface area contributed by atoms with Crippen molar-refractivity contribution < 1.29 is 13.9 Å². The minimum Gasteiger partial charge on any atom is -0.497 e. The fraction of sp³-hybridized carbons (Fsp3) is 0.520. The SMILES string of the molecule is COc1ccc(CNc2ncnc3c2c(I)c(CO[Si](C)(C)C(C)(C)C)n3C(C)C)c(OC)c1. The van der Waals surface area contributed by atoms with Crippen LogP contribution < -0.4 is 14.8 Å². The minimum absolute atomic E-state index is 0.150. The predicted molar refractivity (Wildman–Crippen MR) is 149 cm³/mol. The van der Waals surface area contributed by atoms with Crippen molar-refractivity contribution in [1.82, 2.24) is 14.5 Å². The summed E-state index contributed by atoms with van der Waals surface area (Å²) in [7, 11) is 1.42. The van der Waals surface area contributed by atoms with E-state index in [0.717, 1.165) is 43.2 Å². The van der Waals surface area contributed by atoms with Crippen molar-refractivity contribution in [2.24, 2.45) is 0 Å². The van der Waals surface area contributed by atoms with Crippen molar-refractivity contribution >= 4 is 47.8 Å². The molecule has 0 amide bonds. The number of ether oxygens (including phenoxy) is 2. The molecule has 0 aliphatic heterocycles. The molecule has 3 aromatic rings. The maximum Gasteiger partial charge on any atom is 0.192 e. The molecule has 0 saturated heterocycles. The van der Waals surface area contributed by atoms with Crippen molar-refractivity contribution in [3.05, 3.63) is 39.4 Å². The second-order valence-corrected chi connectivity index (χ2v) is 16.1. The Bertz CT molecular complexity index is 1160. The molecule has 1 N–H and O–H groups in total. The van der Waals surface area contributed by atoms with Gasteiger partial charge in [-0.1, -0.05) is 20.8 Å². The maximum atomic E-state index is 6.62. The van der Waals surface area contributed by atoms with Crippen LogP contribution in [0.3, 0.4) is 0 Å². The standard InChI is InChI=1S/C25H37IN4O3Si/c1-16(2)30-19(14-33-34(8,9)25(3,4)5)22(26)21-23(28-15-29-24(21)30)27-13-17-10-11-18(31-6)12-20(17)32-7/h10-12,15-16H,13-14H2,1-9H3,(H,27,28,29). The molecule has 0 saturated carbocycles. The van der Waals surface area contributed by atoms with Crippen molar-refractivity contribution in [3.63, 3.8) is 0 Å². The number of nitrogens with zero attached hydrogens (tertiary/aromatic N) is 3. The molecule has 0 unspecified atom stereocenters. The summed E-state index contributed by atoms with van der Waals surface area (Å²) < 4.78 is 20.9. The lowest BCUT2D eigenvalue weighted by Gasteiger charge is -2.36. The molecule has 2 aromatic heterocycles. The van der Waals surface area contributed by atoms with Gasteiger partial charge in [0.2, 0.25) is 0 Å². The summed E-state index contributed by atoms with van der Waals surface area (Å²) in [6.07, 6.45) is 1.63. The second-order valence-electron chi connectivity index (χ2n) is 10.2. The molecule has 0 fully saturated rings. The molecular weight excluding hydrogens is 559 g/mol. The summed E-state index contributed by atoms with van der Waals surface area (Å²) >= 11 is 2.42. The van der Waals surface area contributed by atoms with Crippen LogP contribution in [-0.2, 0) is 17.6 Å². The number of hydrogen-bond acceptors (Lipinski definition) is 6. The topological polar surface area (TPSA) is 70.4 Å². The number of benzene rings is 1. The zero-order valence-corrected chi connectivity index (χ0v) is 24.9. The summed E-state index contributed by atoms with van der Waals surface area (Å²) in [5, 5.41) is 4.69. The molecule has 0 aliphatic carbocycles. The lowest BCUT2D eigenvalue weighted by Crippen LogP contribution is -2.40. The van der Waals surface area contributed by atoms with Gasteiger partial charge in [0.15, 0.2) is 8.32 Å². The van der Waals surface area contributed by atoms with Gasteiger partial charge in [0.25, 0.3) is 0 Å². The number of aromatic nitrogens is 3. The van der Waals surface area contributed by atoms with Crippen molar-refractivity contribution in [3.8, 4) is 11.5 Å². The van der Waals surface area contributed by atoms with Gasteiger partial charge in [0.05, 0.1) is 31.9 Å². The number of hydrogen-bond donors (Lipinski definition) is 1. The third-order valence-corrected chi connectivity index (χ3v) is 12.3. The lowest BCUT2D eigenvalue weighted by atomic mass is 10.2. The van der Waals surface area contributed by atoms with E-state index in [1.807, 2.05) is 18.2 Å². The zero-order chi connectivity index (χ0) is 25.3. The largest absolute Gasteiger partial charge is 0.497 e. The van der Waals surface area contributed by atoms with E-state index in [9.17, 15) is 0 Å². The summed E-state index contributed by atoms with van der Waals surface area (Å²) in [4.78, 5) is 9.27. The van der Waals surface area contributed by atoms with E-state index < -0.39 is 8.32 Å². The number of halogens is 1. The first-order valence-corrected chi connectivity index (χ1v) is 15.5. The van der Waals surface area contributed by atoms with Gasteiger partial charge in [0.1, 0.15) is 29.3 Å². The van der Waals surface area contributed by atoms with Gasteiger partial charge in [-0.05, 0) is 66.7 Å². The third kappa shape index (κ3) is 5.36. The highest BCUT2D eigenvalue weighted by Crippen LogP contribution is 2.39. The van der Waals surface area contributed by atoms with E-state index in [4.69, 9.17) is 13.9 Å². The van der Waals surface area contributed by atoms with Crippen LogP contribution in [-0.4, -0.2) is 37.1 Å². The quantitative estimate of drug-likeness (QED) is 0.217. The van der Waals surface area contributed by atoms with Crippen LogP contribution in [0.4, 0.5) is 5.82 Å². The molecular formula is C25H37IN4O3Si. The van der Waals surface area contributed by atoms with Crippen LogP contribution in [0.1, 0.15) is 51.9 Å². The van der Waals surface area contributed by atoms with Gasteiger partial charge in [-0.25, -0.2) is 9.97 Å². The van der Waals surface area contributed by atoms with Crippen molar-refractivity contribution in [2.45, 2.75) is 71.9 Å². The van der Waals surface area contributed by atoms with E-state index in [2.05, 4.69) is 90.2 Å². The van der Waals surface area contributed by atoms with Crippen LogP contribution >= 0.6 is 22.6 Å². The van der Waals surface area contributed by atoms with Crippen LogP contribution in [0.15, 0.2) is 24.5 Å². The summed E-state index contributed by atoms with van der Waals surface area (Å²) in [5.41, 5.74) is 3.10. The number of nitrogens with one attached hydrogen (secondary N) is 1. The van der Waals surface area contributed by atoms with E-state index in [1.54, 1.807) is 20.5 Å². The van der Waals surface area contributed by atoms with Gasteiger partial charge in [-0.2, -0.15) is 0 Å². The smallest absolute Gasteiger partial charge is 0.192 e. The van der Waals surface area contributed by atoms with Crippen LogP contribution in [0.5, 0.6) is 11.5 Å². The highest BCUT2D eigenvalue weighted by atomic mass is 127. The molecule has 7 nitrogen and oxygen atoms in total. The Morgan fingerprint density at radius 1 is 1.12 bits per heavy atom. The lowest BCUT2D eigenvalue weighted by molar-refractivity contribution is 0.264. The molecule has 186 valence electrons. The Labute approximate surface area is 217 Å². The highest BCUT2D eigenvalue weighted by molar-refractivity contribution is 14.1. The Kier molecular flexibility index (Phi) is 8.19. The molecule has 1 aromatic carbocycles. The Morgan fingerprint density at radius 2 is 1.82 bits per heavy atom. The van der Waals surface area contributed by atoms with Crippen LogP contribution in [0.25, 0.3) is 11.0 Å². The number of anilines is 1.